The molecule has 2 aromatic carbocycles. The molecule has 1 aliphatic rings. The molecule has 1 aliphatic carbocycles. The molecule has 110 valence electrons. The van der Waals surface area contributed by atoms with Crippen molar-refractivity contribution in [3.05, 3.63) is 59.4 Å². The van der Waals surface area contributed by atoms with Crippen LogP contribution in [0.2, 0.25) is 0 Å². The van der Waals surface area contributed by atoms with Crippen LogP contribution < -0.4 is 5.32 Å². The zero-order chi connectivity index (χ0) is 14.7. The molecule has 0 unspecified atom stereocenters. The second-order valence-corrected chi connectivity index (χ2v) is 5.83. The van der Waals surface area contributed by atoms with Crippen LogP contribution in [0.25, 0.3) is 11.1 Å². The lowest BCUT2D eigenvalue weighted by atomic mass is 9.80. The molecule has 0 aromatic heterocycles. The van der Waals surface area contributed by atoms with Crippen molar-refractivity contribution in [1.29, 1.82) is 0 Å². The van der Waals surface area contributed by atoms with Crippen LogP contribution in [-0.4, -0.2) is 6.54 Å². The number of nitrogens with one attached hydrogen (secondary N) is 1. The van der Waals surface area contributed by atoms with E-state index in [-0.39, 0.29) is 5.82 Å². The Hall–Kier alpha value is -1.67. The van der Waals surface area contributed by atoms with E-state index in [1.165, 1.54) is 30.4 Å². The van der Waals surface area contributed by atoms with Gasteiger partial charge in [0.1, 0.15) is 5.82 Å². The van der Waals surface area contributed by atoms with Crippen molar-refractivity contribution >= 4 is 0 Å². The molecule has 0 amide bonds. The summed E-state index contributed by atoms with van der Waals surface area (Å²) in [7, 11) is 0. The Morgan fingerprint density at radius 1 is 1.10 bits per heavy atom. The summed E-state index contributed by atoms with van der Waals surface area (Å²) < 4.78 is 13.5. The highest BCUT2D eigenvalue weighted by Gasteiger charge is 2.19. The minimum atomic E-state index is -0.169. The van der Waals surface area contributed by atoms with E-state index in [9.17, 15) is 4.39 Å². The fourth-order valence-corrected chi connectivity index (χ4v) is 2.93. The topological polar surface area (TPSA) is 12.0 Å². The van der Waals surface area contributed by atoms with Gasteiger partial charge in [-0.05, 0) is 59.7 Å². The first kappa shape index (κ1) is 14.3. The largest absolute Gasteiger partial charge is 0.313 e. The molecular weight excluding hydrogens is 261 g/mol. The van der Waals surface area contributed by atoms with Crippen LogP contribution in [0.4, 0.5) is 4.39 Å². The van der Waals surface area contributed by atoms with Gasteiger partial charge >= 0.3 is 0 Å². The van der Waals surface area contributed by atoms with E-state index < -0.39 is 0 Å². The predicted molar refractivity (Wildman–Crippen MR) is 85.8 cm³/mol. The normalized spacial score (nSPS) is 15.0. The molecule has 0 heterocycles. The lowest BCUT2D eigenvalue weighted by molar-refractivity contribution is 0.420. The predicted octanol–water partition coefficient (Wildman–Crippen LogP) is 4.87. The van der Waals surface area contributed by atoms with Crippen LogP contribution in [0.15, 0.2) is 42.5 Å². The van der Waals surface area contributed by atoms with Crippen LogP contribution in [0.5, 0.6) is 0 Å². The van der Waals surface area contributed by atoms with Crippen molar-refractivity contribution in [2.24, 2.45) is 0 Å². The number of halogens is 1. The maximum Gasteiger partial charge on any atom is 0.123 e. The summed E-state index contributed by atoms with van der Waals surface area (Å²) in [6.45, 7) is 3.65. The van der Waals surface area contributed by atoms with Gasteiger partial charge in [0.15, 0.2) is 0 Å². The molecule has 2 heteroatoms. The van der Waals surface area contributed by atoms with E-state index in [1.807, 2.05) is 6.07 Å². The summed E-state index contributed by atoms with van der Waals surface area (Å²) in [6, 6.07) is 13.9. The van der Waals surface area contributed by atoms with Crippen molar-refractivity contribution in [2.45, 2.75) is 38.6 Å². The second kappa shape index (κ2) is 6.40. The molecule has 0 radical (unpaired) electrons. The number of benzene rings is 2. The monoisotopic (exact) mass is 283 g/mol. The Labute approximate surface area is 126 Å². The first-order valence-electron chi connectivity index (χ1n) is 7.87. The molecule has 1 fully saturated rings. The Kier molecular flexibility index (Phi) is 4.35. The summed E-state index contributed by atoms with van der Waals surface area (Å²) in [5, 5.41) is 3.28. The molecule has 0 bridgehead atoms. The van der Waals surface area contributed by atoms with Gasteiger partial charge in [-0.2, -0.15) is 0 Å². The average molecular weight is 283 g/mol. The molecule has 1 nitrogen and oxygen atoms in total. The third-order valence-electron chi connectivity index (χ3n) is 4.43. The van der Waals surface area contributed by atoms with Crippen molar-refractivity contribution in [3.8, 4) is 11.1 Å². The lowest BCUT2D eigenvalue weighted by Crippen LogP contribution is -2.12. The SMILES string of the molecule is CCNCc1cc(F)ccc1-c1ccc(C2CCC2)cc1. The summed E-state index contributed by atoms with van der Waals surface area (Å²) in [5.41, 5.74) is 4.76. The van der Waals surface area contributed by atoms with Gasteiger partial charge in [-0.25, -0.2) is 4.39 Å². The fourth-order valence-electron chi connectivity index (χ4n) is 2.93. The maximum absolute atomic E-state index is 13.5. The summed E-state index contributed by atoms with van der Waals surface area (Å²) in [4.78, 5) is 0. The van der Waals surface area contributed by atoms with E-state index in [0.29, 0.717) is 6.54 Å². The molecule has 2 aromatic rings. The fraction of sp³-hybridized carbons (Fsp3) is 0.368. The molecule has 1 N–H and O–H groups in total. The summed E-state index contributed by atoms with van der Waals surface area (Å²) in [6.07, 6.45) is 4.00. The van der Waals surface area contributed by atoms with Gasteiger partial charge < -0.3 is 5.32 Å². The quantitative estimate of drug-likeness (QED) is 0.825. The molecule has 3 rings (SSSR count). The van der Waals surface area contributed by atoms with Crippen molar-refractivity contribution in [2.75, 3.05) is 6.54 Å². The number of hydrogen-bond donors (Lipinski definition) is 1. The molecular formula is C19H22FN. The molecule has 0 spiro atoms. The van der Waals surface area contributed by atoms with E-state index >= 15 is 0 Å². The highest BCUT2D eigenvalue weighted by Crippen LogP contribution is 2.37. The molecule has 21 heavy (non-hydrogen) atoms. The second-order valence-electron chi connectivity index (χ2n) is 5.83. The van der Waals surface area contributed by atoms with E-state index in [0.717, 1.165) is 23.6 Å². The zero-order valence-corrected chi connectivity index (χ0v) is 12.5. The smallest absolute Gasteiger partial charge is 0.123 e. The summed E-state index contributed by atoms with van der Waals surface area (Å²) >= 11 is 0. The van der Waals surface area contributed by atoms with Crippen LogP contribution in [0.3, 0.4) is 0 Å². The Morgan fingerprint density at radius 3 is 2.48 bits per heavy atom. The maximum atomic E-state index is 13.5. The molecule has 0 aliphatic heterocycles. The van der Waals surface area contributed by atoms with Crippen LogP contribution in [-0.2, 0) is 6.54 Å². The Morgan fingerprint density at radius 2 is 1.86 bits per heavy atom. The third-order valence-corrected chi connectivity index (χ3v) is 4.43. The molecule has 0 atom stereocenters. The standard InChI is InChI=1S/C19H22FN/c1-2-21-13-17-12-18(20)10-11-19(17)16-8-6-15(7-9-16)14-4-3-5-14/h6-12,14,21H,2-5,13H2,1H3. The number of rotatable bonds is 5. The Balaban J connectivity index is 1.87. The van der Waals surface area contributed by atoms with Gasteiger partial charge in [0.25, 0.3) is 0 Å². The van der Waals surface area contributed by atoms with Gasteiger partial charge in [-0.15, -0.1) is 0 Å². The van der Waals surface area contributed by atoms with E-state index in [2.05, 4.69) is 36.5 Å². The number of hydrogen-bond acceptors (Lipinski definition) is 1. The van der Waals surface area contributed by atoms with Crippen LogP contribution >= 0.6 is 0 Å². The van der Waals surface area contributed by atoms with E-state index in [4.69, 9.17) is 0 Å². The van der Waals surface area contributed by atoms with Gasteiger partial charge in [-0.1, -0.05) is 43.7 Å². The van der Waals surface area contributed by atoms with Crippen molar-refractivity contribution in [1.82, 2.24) is 5.32 Å². The highest BCUT2D eigenvalue weighted by atomic mass is 19.1. The van der Waals surface area contributed by atoms with E-state index in [1.54, 1.807) is 12.1 Å². The highest BCUT2D eigenvalue weighted by molar-refractivity contribution is 5.67. The van der Waals surface area contributed by atoms with Crippen LogP contribution in [0.1, 0.15) is 43.2 Å². The van der Waals surface area contributed by atoms with Crippen LogP contribution in [0, 0.1) is 5.82 Å². The van der Waals surface area contributed by atoms with Gasteiger partial charge in [0.05, 0.1) is 0 Å². The summed E-state index contributed by atoms with van der Waals surface area (Å²) in [5.74, 6) is 0.589. The third kappa shape index (κ3) is 3.16. The molecule has 1 saturated carbocycles. The Bertz CT molecular complexity index is 599. The first-order chi connectivity index (χ1) is 10.3. The van der Waals surface area contributed by atoms with Gasteiger partial charge in [0.2, 0.25) is 0 Å². The van der Waals surface area contributed by atoms with Gasteiger partial charge in [-0.3, -0.25) is 0 Å². The lowest BCUT2D eigenvalue weighted by Gasteiger charge is -2.26. The zero-order valence-electron chi connectivity index (χ0n) is 12.5. The minimum Gasteiger partial charge on any atom is -0.313 e. The first-order valence-corrected chi connectivity index (χ1v) is 7.87. The minimum absolute atomic E-state index is 0.169. The average Bonchev–Trinajstić information content (AvgIpc) is 2.44. The van der Waals surface area contributed by atoms with Gasteiger partial charge in [0, 0.05) is 6.54 Å². The van der Waals surface area contributed by atoms with Crippen molar-refractivity contribution < 1.29 is 4.39 Å². The molecule has 0 saturated heterocycles. The van der Waals surface area contributed by atoms with Crippen molar-refractivity contribution in [3.63, 3.8) is 0 Å².